The molecular formula is C18H13Cl4NO. The fourth-order valence-electron chi connectivity index (χ4n) is 2.50. The lowest BCUT2D eigenvalue weighted by molar-refractivity contribution is 0.282. The third kappa shape index (κ3) is 3.30. The highest BCUT2D eigenvalue weighted by Gasteiger charge is 2.17. The van der Waals surface area contributed by atoms with E-state index in [-0.39, 0.29) is 16.7 Å². The molecule has 0 aliphatic heterocycles. The van der Waals surface area contributed by atoms with Crippen molar-refractivity contribution in [2.45, 2.75) is 13.2 Å². The number of hydrogen-bond acceptors (Lipinski definition) is 2. The van der Waals surface area contributed by atoms with Gasteiger partial charge in [-0.3, -0.25) is 0 Å². The quantitative estimate of drug-likeness (QED) is 0.384. The van der Waals surface area contributed by atoms with Crippen LogP contribution in [0.3, 0.4) is 0 Å². The molecular weight excluding hydrogens is 388 g/mol. The first-order valence-electron chi connectivity index (χ1n) is 7.20. The van der Waals surface area contributed by atoms with Crippen molar-refractivity contribution < 1.29 is 5.11 Å². The number of aliphatic hydroxyl groups is 1. The van der Waals surface area contributed by atoms with Gasteiger partial charge in [0.15, 0.2) is 0 Å². The van der Waals surface area contributed by atoms with Gasteiger partial charge in [-0.25, -0.2) is 0 Å². The molecule has 2 nitrogen and oxygen atoms in total. The molecule has 0 spiro atoms. The highest BCUT2D eigenvalue weighted by molar-refractivity contribution is 6.55. The van der Waals surface area contributed by atoms with E-state index in [2.05, 4.69) is 5.32 Å². The van der Waals surface area contributed by atoms with Gasteiger partial charge in [0.2, 0.25) is 0 Å². The molecule has 0 amide bonds. The van der Waals surface area contributed by atoms with Crippen LogP contribution in [0.4, 0.5) is 5.69 Å². The zero-order valence-corrected chi connectivity index (χ0v) is 15.4. The topological polar surface area (TPSA) is 32.3 Å². The standard InChI is InChI=1S/C18H13Cl4NO/c19-15-12-2-1-3-13(14(12)16(20)18(22)17(15)21)23-8-10-4-6-11(9-24)7-5-10/h1-7,23-24H,8-9H2. The van der Waals surface area contributed by atoms with Crippen molar-refractivity contribution in [3.63, 3.8) is 0 Å². The van der Waals surface area contributed by atoms with Crippen molar-refractivity contribution in [3.05, 3.63) is 73.7 Å². The number of rotatable bonds is 4. The van der Waals surface area contributed by atoms with Gasteiger partial charge in [-0.05, 0) is 17.2 Å². The van der Waals surface area contributed by atoms with E-state index in [4.69, 9.17) is 51.5 Å². The van der Waals surface area contributed by atoms with Crippen molar-refractivity contribution in [2.24, 2.45) is 0 Å². The van der Waals surface area contributed by atoms with E-state index in [1.54, 1.807) is 0 Å². The van der Waals surface area contributed by atoms with Crippen LogP contribution in [0, 0.1) is 0 Å². The summed E-state index contributed by atoms with van der Waals surface area (Å²) >= 11 is 25.0. The van der Waals surface area contributed by atoms with Crippen LogP contribution < -0.4 is 5.32 Å². The summed E-state index contributed by atoms with van der Waals surface area (Å²) in [5.41, 5.74) is 2.77. The van der Waals surface area contributed by atoms with Crippen molar-refractivity contribution in [1.29, 1.82) is 0 Å². The number of hydrogen-bond donors (Lipinski definition) is 2. The summed E-state index contributed by atoms with van der Waals surface area (Å²) in [5.74, 6) is 0. The molecule has 6 heteroatoms. The lowest BCUT2D eigenvalue weighted by Crippen LogP contribution is -2.00. The van der Waals surface area contributed by atoms with Gasteiger partial charge < -0.3 is 10.4 Å². The molecule has 0 bridgehead atoms. The third-order valence-corrected chi connectivity index (χ3v) is 5.60. The largest absolute Gasteiger partial charge is 0.392 e. The predicted molar refractivity (Wildman–Crippen MR) is 104 cm³/mol. The summed E-state index contributed by atoms with van der Waals surface area (Å²) < 4.78 is 0. The van der Waals surface area contributed by atoms with Gasteiger partial charge in [0.25, 0.3) is 0 Å². The Labute approximate surface area is 159 Å². The number of nitrogens with one attached hydrogen (secondary N) is 1. The van der Waals surface area contributed by atoms with E-state index in [1.165, 1.54) is 0 Å². The van der Waals surface area contributed by atoms with Crippen LogP contribution in [0.5, 0.6) is 0 Å². The molecule has 0 atom stereocenters. The highest BCUT2D eigenvalue weighted by Crippen LogP contribution is 2.45. The van der Waals surface area contributed by atoms with Gasteiger partial charge in [0.1, 0.15) is 0 Å². The molecule has 0 unspecified atom stereocenters. The molecule has 3 aromatic carbocycles. The van der Waals surface area contributed by atoms with Crippen LogP contribution >= 0.6 is 46.4 Å². The summed E-state index contributed by atoms with van der Waals surface area (Å²) in [4.78, 5) is 0. The molecule has 0 saturated heterocycles. The van der Waals surface area contributed by atoms with Crippen LogP contribution in [0.25, 0.3) is 10.8 Å². The molecule has 3 aromatic rings. The number of halogens is 4. The second-order valence-corrected chi connectivity index (χ2v) is 6.82. The first-order chi connectivity index (χ1) is 11.5. The first kappa shape index (κ1) is 17.7. The van der Waals surface area contributed by atoms with Gasteiger partial charge in [-0.2, -0.15) is 0 Å². The molecule has 3 rings (SSSR count). The van der Waals surface area contributed by atoms with Gasteiger partial charge in [0.05, 0.1) is 26.7 Å². The van der Waals surface area contributed by atoms with E-state index in [9.17, 15) is 0 Å². The van der Waals surface area contributed by atoms with Crippen LogP contribution in [0.2, 0.25) is 20.1 Å². The van der Waals surface area contributed by atoms with E-state index in [0.29, 0.717) is 16.6 Å². The van der Waals surface area contributed by atoms with E-state index in [1.807, 2.05) is 42.5 Å². The van der Waals surface area contributed by atoms with Crippen molar-refractivity contribution in [2.75, 3.05) is 5.32 Å². The molecule has 2 N–H and O–H groups in total. The summed E-state index contributed by atoms with van der Waals surface area (Å²) in [6, 6.07) is 13.3. The Kier molecular flexibility index (Phi) is 5.43. The smallest absolute Gasteiger partial charge is 0.0801 e. The Hall–Kier alpha value is -1.16. The van der Waals surface area contributed by atoms with Crippen molar-refractivity contribution in [1.82, 2.24) is 0 Å². The maximum atomic E-state index is 9.09. The zero-order chi connectivity index (χ0) is 17.3. The average molecular weight is 401 g/mol. The van der Waals surface area contributed by atoms with E-state index in [0.717, 1.165) is 27.6 Å². The lowest BCUT2D eigenvalue weighted by atomic mass is 10.1. The van der Waals surface area contributed by atoms with Gasteiger partial charge in [-0.1, -0.05) is 82.8 Å². The van der Waals surface area contributed by atoms with Gasteiger partial charge in [-0.15, -0.1) is 0 Å². The Morgan fingerprint density at radius 1 is 0.750 bits per heavy atom. The Balaban J connectivity index is 1.97. The monoisotopic (exact) mass is 399 g/mol. The molecule has 0 aliphatic rings. The Morgan fingerprint density at radius 2 is 1.38 bits per heavy atom. The summed E-state index contributed by atoms with van der Waals surface area (Å²) in [5, 5.41) is 15.2. The summed E-state index contributed by atoms with van der Waals surface area (Å²) in [7, 11) is 0. The van der Waals surface area contributed by atoms with Crippen LogP contribution in [-0.4, -0.2) is 5.11 Å². The maximum absolute atomic E-state index is 9.09. The number of aliphatic hydroxyl groups excluding tert-OH is 1. The van der Waals surface area contributed by atoms with Crippen LogP contribution in [0.1, 0.15) is 11.1 Å². The summed E-state index contributed by atoms with van der Waals surface area (Å²) in [6.45, 7) is 0.628. The van der Waals surface area contributed by atoms with Gasteiger partial charge >= 0.3 is 0 Å². The predicted octanol–water partition coefficient (Wildman–Crippen LogP) is 6.56. The van der Waals surface area contributed by atoms with Crippen molar-refractivity contribution in [3.8, 4) is 0 Å². The third-order valence-electron chi connectivity index (χ3n) is 3.79. The number of anilines is 1. The highest BCUT2D eigenvalue weighted by atomic mass is 35.5. The molecule has 0 saturated carbocycles. The van der Waals surface area contributed by atoms with Crippen LogP contribution in [-0.2, 0) is 13.2 Å². The molecule has 0 aromatic heterocycles. The Bertz CT molecular complexity index is 894. The minimum atomic E-state index is 0.0321. The van der Waals surface area contributed by atoms with Crippen molar-refractivity contribution >= 4 is 62.9 Å². The zero-order valence-electron chi connectivity index (χ0n) is 12.4. The number of fused-ring (bicyclic) bond motifs is 1. The summed E-state index contributed by atoms with van der Waals surface area (Å²) in [6.07, 6.45) is 0. The molecule has 124 valence electrons. The van der Waals surface area contributed by atoms with Gasteiger partial charge in [0, 0.05) is 23.0 Å². The SMILES string of the molecule is OCc1ccc(CNc2cccc3c(Cl)c(Cl)c(Cl)c(Cl)c23)cc1. The average Bonchev–Trinajstić information content (AvgIpc) is 2.63. The minimum Gasteiger partial charge on any atom is -0.392 e. The second kappa shape index (κ2) is 7.38. The lowest BCUT2D eigenvalue weighted by Gasteiger charge is -2.14. The molecule has 0 heterocycles. The normalized spacial score (nSPS) is 11.0. The Morgan fingerprint density at radius 3 is 2.04 bits per heavy atom. The second-order valence-electron chi connectivity index (χ2n) is 5.31. The molecule has 0 fully saturated rings. The molecule has 24 heavy (non-hydrogen) atoms. The van der Waals surface area contributed by atoms with E-state index < -0.39 is 0 Å². The fraction of sp³-hybridized carbons (Fsp3) is 0.111. The maximum Gasteiger partial charge on any atom is 0.0801 e. The molecule has 0 aliphatic carbocycles. The molecule has 0 radical (unpaired) electrons. The first-order valence-corrected chi connectivity index (χ1v) is 8.71. The minimum absolute atomic E-state index is 0.0321. The van der Waals surface area contributed by atoms with E-state index >= 15 is 0 Å². The fourth-order valence-corrected chi connectivity index (χ4v) is 3.53. The van der Waals surface area contributed by atoms with Crippen LogP contribution in [0.15, 0.2) is 42.5 Å². The number of benzene rings is 3.